The largest absolute Gasteiger partial charge is 0.573 e. The van der Waals surface area contributed by atoms with Gasteiger partial charge in [0.2, 0.25) is 0 Å². The summed E-state index contributed by atoms with van der Waals surface area (Å²) in [5.74, 6) is -0.864. The number of nitrogens with zero attached hydrogens (tertiary/aromatic N) is 2. The Kier molecular flexibility index (Phi) is 7.64. The van der Waals surface area contributed by atoms with E-state index in [1.807, 2.05) is 11.0 Å². The average molecular weight is 533 g/mol. The van der Waals surface area contributed by atoms with Crippen LogP contribution in [0.3, 0.4) is 0 Å². The lowest BCUT2D eigenvalue weighted by molar-refractivity contribution is -0.274. The summed E-state index contributed by atoms with van der Waals surface area (Å²) >= 11 is 0. The second-order valence-corrected chi connectivity index (χ2v) is 8.78. The second kappa shape index (κ2) is 10.8. The zero-order chi connectivity index (χ0) is 27.5. The van der Waals surface area contributed by atoms with Gasteiger partial charge in [-0.1, -0.05) is 24.3 Å². The molecule has 11 heteroatoms. The number of nitrogens with one attached hydrogen (secondary N) is 1. The van der Waals surface area contributed by atoms with E-state index in [4.69, 9.17) is 5.26 Å². The lowest BCUT2D eigenvalue weighted by Crippen LogP contribution is -2.38. The van der Waals surface area contributed by atoms with E-state index in [2.05, 4.69) is 10.1 Å². The number of halogens is 6. The van der Waals surface area contributed by atoms with Crippen LogP contribution in [0.15, 0.2) is 72.8 Å². The third-order valence-electron chi connectivity index (χ3n) is 6.18. The van der Waals surface area contributed by atoms with Crippen molar-refractivity contribution in [1.29, 1.82) is 5.26 Å². The standard InChI is InChI=1S/C27H21F6N3O2/c28-26(29,30)21-9-5-20(6-10-21)25(37)35-22-13-14-36(16-22)24(18-3-1-17(15-34)2-4-18)19-7-11-23(12-8-19)38-27(31,32)33/h1-12,22,24H,13-14,16H2,(H,35,37). The molecule has 3 aromatic carbocycles. The Morgan fingerprint density at radius 1 is 0.921 bits per heavy atom. The predicted octanol–water partition coefficient (Wildman–Crippen LogP) is 6.07. The van der Waals surface area contributed by atoms with Crippen LogP contribution in [-0.2, 0) is 6.18 Å². The number of alkyl halides is 6. The molecule has 4 rings (SSSR count). The molecule has 5 nitrogen and oxygen atoms in total. The fourth-order valence-electron chi connectivity index (χ4n) is 4.42. The number of benzene rings is 3. The molecule has 0 bridgehead atoms. The van der Waals surface area contributed by atoms with Crippen molar-refractivity contribution >= 4 is 5.91 Å². The number of hydrogen-bond acceptors (Lipinski definition) is 4. The van der Waals surface area contributed by atoms with Crippen molar-refractivity contribution in [2.45, 2.75) is 31.0 Å². The van der Waals surface area contributed by atoms with Gasteiger partial charge in [0.15, 0.2) is 0 Å². The summed E-state index contributed by atoms with van der Waals surface area (Å²) < 4.78 is 80.1. The van der Waals surface area contributed by atoms with Crippen LogP contribution in [-0.4, -0.2) is 36.3 Å². The Balaban J connectivity index is 1.51. The molecule has 2 atom stereocenters. The maximum absolute atomic E-state index is 12.8. The van der Waals surface area contributed by atoms with Gasteiger partial charge in [-0.2, -0.15) is 18.4 Å². The summed E-state index contributed by atoms with van der Waals surface area (Å²) in [6.07, 6.45) is -8.77. The van der Waals surface area contributed by atoms with Crippen molar-refractivity contribution in [2.75, 3.05) is 13.1 Å². The zero-order valence-electron chi connectivity index (χ0n) is 19.7. The van der Waals surface area contributed by atoms with Crippen LogP contribution in [0.1, 0.15) is 45.1 Å². The minimum absolute atomic E-state index is 0.0975. The summed E-state index contributed by atoms with van der Waals surface area (Å²) in [5.41, 5.74) is 1.17. The molecule has 1 saturated heterocycles. The Labute approximate surface area is 214 Å². The van der Waals surface area contributed by atoms with Gasteiger partial charge in [-0.25, -0.2) is 0 Å². The summed E-state index contributed by atoms with van der Waals surface area (Å²) in [6, 6.07) is 17.6. The van der Waals surface area contributed by atoms with E-state index in [0.717, 1.165) is 29.8 Å². The van der Waals surface area contributed by atoms with Gasteiger partial charge in [0.1, 0.15) is 5.75 Å². The van der Waals surface area contributed by atoms with Crippen LogP contribution in [0.4, 0.5) is 26.3 Å². The lowest BCUT2D eigenvalue weighted by atomic mass is 9.96. The molecule has 2 unspecified atom stereocenters. The Morgan fingerprint density at radius 2 is 1.50 bits per heavy atom. The molecule has 198 valence electrons. The topological polar surface area (TPSA) is 65.4 Å². The highest BCUT2D eigenvalue weighted by atomic mass is 19.4. The Bertz CT molecular complexity index is 1300. The molecule has 0 saturated carbocycles. The van der Waals surface area contributed by atoms with Crippen LogP contribution in [0.2, 0.25) is 0 Å². The fourth-order valence-corrected chi connectivity index (χ4v) is 4.42. The average Bonchev–Trinajstić information content (AvgIpc) is 3.32. The summed E-state index contributed by atoms with van der Waals surface area (Å²) in [5, 5.41) is 12.0. The van der Waals surface area contributed by atoms with Crippen LogP contribution < -0.4 is 10.1 Å². The van der Waals surface area contributed by atoms with Crippen molar-refractivity contribution < 1.29 is 35.9 Å². The third kappa shape index (κ3) is 6.63. The fraction of sp³-hybridized carbons (Fsp3) is 0.259. The number of carbonyl (C=O) groups excluding carboxylic acids is 1. The summed E-state index contributed by atoms with van der Waals surface area (Å²) in [4.78, 5) is 14.7. The first-order chi connectivity index (χ1) is 17.9. The molecule has 0 radical (unpaired) electrons. The maximum atomic E-state index is 12.8. The molecule has 0 spiro atoms. The first kappa shape index (κ1) is 27.0. The van der Waals surface area contributed by atoms with Gasteiger partial charge >= 0.3 is 12.5 Å². The summed E-state index contributed by atoms with van der Waals surface area (Å²) in [6.45, 7) is 0.918. The smallest absolute Gasteiger partial charge is 0.406 e. The van der Waals surface area contributed by atoms with Gasteiger partial charge in [0, 0.05) is 24.7 Å². The number of nitriles is 1. The molecular formula is C27H21F6N3O2. The zero-order valence-corrected chi connectivity index (χ0v) is 19.7. The highest BCUT2D eigenvalue weighted by Crippen LogP contribution is 2.34. The molecule has 1 amide bonds. The van der Waals surface area contributed by atoms with E-state index in [0.29, 0.717) is 30.6 Å². The van der Waals surface area contributed by atoms with Crippen LogP contribution >= 0.6 is 0 Å². The molecule has 0 aromatic heterocycles. The van der Waals surface area contributed by atoms with Gasteiger partial charge in [-0.3, -0.25) is 9.69 Å². The molecule has 0 aliphatic carbocycles. The highest BCUT2D eigenvalue weighted by Gasteiger charge is 2.34. The molecule has 38 heavy (non-hydrogen) atoms. The van der Waals surface area contributed by atoms with E-state index in [9.17, 15) is 31.1 Å². The predicted molar refractivity (Wildman–Crippen MR) is 125 cm³/mol. The van der Waals surface area contributed by atoms with Crippen molar-refractivity contribution in [3.05, 3.63) is 101 Å². The number of rotatable bonds is 6. The lowest BCUT2D eigenvalue weighted by Gasteiger charge is -2.29. The van der Waals surface area contributed by atoms with Crippen LogP contribution in [0, 0.1) is 11.3 Å². The monoisotopic (exact) mass is 533 g/mol. The normalized spacial score (nSPS) is 17.0. The van der Waals surface area contributed by atoms with E-state index >= 15 is 0 Å². The van der Waals surface area contributed by atoms with Crippen molar-refractivity contribution in [3.63, 3.8) is 0 Å². The van der Waals surface area contributed by atoms with Crippen molar-refractivity contribution in [2.24, 2.45) is 0 Å². The van der Waals surface area contributed by atoms with Gasteiger partial charge in [-0.05, 0) is 66.1 Å². The van der Waals surface area contributed by atoms with E-state index in [1.54, 1.807) is 24.3 Å². The molecule has 1 N–H and O–H groups in total. The van der Waals surface area contributed by atoms with Crippen molar-refractivity contribution in [1.82, 2.24) is 10.2 Å². The number of ether oxygens (including phenoxy) is 1. The summed E-state index contributed by atoms with van der Waals surface area (Å²) in [7, 11) is 0. The quantitative estimate of drug-likeness (QED) is 0.391. The van der Waals surface area contributed by atoms with Crippen LogP contribution in [0.25, 0.3) is 0 Å². The van der Waals surface area contributed by atoms with E-state index in [1.165, 1.54) is 24.3 Å². The second-order valence-electron chi connectivity index (χ2n) is 8.78. The first-order valence-electron chi connectivity index (χ1n) is 11.5. The van der Waals surface area contributed by atoms with Crippen molar-refractivity contribution in [3.8, 4) is 11.8 Å². The van der Waals surface area contributed by atoms with Gasteiger partial charge in [0.05, 0.1) is 23.2 Å². The molecule has 1 heterocycles. The van der Waals surface area contributed by atoms with E-state index < -0.39 is 30.1 Å². The molecule has 1 aliphatic heterocycles. The van der Waals surface area contributed by atoms with Gasteiger partial charge in [0.25, 0.3) is 5.91 Å². The number of hydrogen-bond donors (Lipinski definition) is 1. The number of carbonyl (C=O) groups is 1. The third-order valence-corrected chi connectivity index (χ3v) is 6.18. The first-order valence-corrected chi connectivity index (χ1v) is 11.5. The molecular weight excluding hydrogens is 512 g/mol. The Morgan fingerprint density at radius 3 is 2.03 bits per heavy atom. The molecule has 1 aliphatic rings. The Hall–Kier alpha value is -4.04. The van der Waals surface area contributed by atoms with Crippen LogP contribution in [0.5, 0.6) is 5.75 Å². The highest BCUT2D eigenvalue weighted by molar-refractivity contribution is 5.94. The minimum Gasteiger partial charge on any atom is -0.406 e. The SMILES string of the molecule is N#Cc1ccc(C(c2ccc(OC(F)(F)F)cc2)N2CCC(NC(=O)c3ccc(C(F)(F)F)cc3)C2)cc1. The molecule has 3 aromatic rings. The minimum atomic E-state index is -4.82. The molecule has 1 fully saturated rings. The van der Waals surface area contributed by atoms with E-state index in [-0.39, 0.29) is 17.4 Å². The van der Waals surface area contributed by atoms with Gasteiger partial charge < -0.3 is 10.1 Å². The number of likely N-dealkylation sites (tertiary alicyclic amines) is 1. The maximum Gasteiger partial charge on any atom is 0.573 e. The number of amides is 1. The van der Waals surface area contributed by atoms with Gasteiger partial charge in [-0.15, -0.1) is 13.2 Å².